The average Bonchev–Trinajstić information content (AvgIpc) is 2.93. The van der Waals surface area contributed by atoms with E-state index in [2.05, 4.69) is 4.72 Å². The van der Waals surface area contributed by atoms with Crippen LogP contribution in [0.2, 0.25) is 5.02 Å². The third-order valence-electron chi connectivity index (χ3n) is 2.88. The lowest BCUT2D eigenvalue weighted by molar-refractivity contribution is 0.0696. The van der Waals surface area contributed by atoms with E-state index in [-0.39, 0.29) is 21.5 Å². The molecule has 0 spiro atoms. The van der Waals surface area contributed by atoms with Crippen LogP contribution in [0.5, 0.6) is 0 Å². The fraction of sp³-hybridized carbons (Fsp3) is 0.364. The van der Waals surface area contributed by atoms with Crippen LogP contribution < -0.4 is 4.72 Å². The predicted molar refractivity (Wildman–Crippen MR) is 66.3 cm³/mol. The Labute approximate surface area is 110 Å². The Balaban J connectivity index is 2.36. The Morgan fingerprint density at radius 1 is 1.50 bits per heavy atom. The molecule has 0 aliphatic heterocycles. The monoisotopic (exact) mass is 289 g/mol. The summed E-state index contributed by atoms with van der Waals surface area (Å²) in [7, 11) is -3.76. The first kappa shape index (κ1) is 13.3. The van der Waals surface area contributed by atoms with Crippen molar-refractivity contribution in [2.45, 2.75) is 24.3 Å². The van der Waals surface area contributed by atoms with Gasteiger partial charge in [0.1, 0.15) is 4.90 Å². The predicted octanol–water partition coefficient (Wildman–Crippen LogP) is 1.72. The van der Waals surface area contributed by atoms with Gasteiger partial charge in [-0.2, -0.15) is 0 Å². The molecule has 98 valence electrons. The summed E-state index contributed by atoms with van der Waals surface area (Å²) in [5.74, 6) is -0.885. The number of benzene rings is 1. The number of hydrogen-bond donors (Lipinski definition) is 2. The van der Waals surface area contributed by atoms with Crippen molar-refractivity contribution >= 4 is 27.6 Å². The van der Waals surface area contributed by atoms with E-state index in [4.69, 9.17) is 16.7 Å². The first-order valence-electron chi connectivity index (χ1n) is 5.36. The summed E-state index contributed by atoms with van der Waals surface area (Å²) in [6.07, 6.45) is 0.787. The Bertz CT molecular complexity index is 599. The smallest absolute Gasteiger partial charge is 0.335 e. The van der Waals surface area contributed by atoms with Crippen molar-refractivity contribution in [1.82, 2.24) is 4.72 Å². The van der Waals surface area contributed by atoms with Crippen LogP contribution in [-0.4, -0.2) is 25.5 Å². The van der Waals surface area contributed by atoms with Gasteiger partial charge in [0.25, 0.3) is 0 Å². The highest BCUT2D eigenvalue weighted by Crippen LogP contribution is 2.32. The van der Waals surface area contributed by atoms with Crippen LogP contribution in [0.15, 0.2) is 23.1 Å². The molecule has 5 nitrogen and oxygen atoms in total. The van der Waals surface area contributed by atoms with Gasteiger partial charge in [0, 0.05) is 6.04 Å². The number of carboxylic acids is 1. The average molecular weight is 290 g/mol. The molecule has 18 heavy (non-hydrogen) atoms. The Morgan fingerprint density at radius 3 is 2.61 bits per heavy atom. The van der Waals surface area contributed by atoms with E-state index >= 15 is 0 Å². The van der Waals surface area contributed by atoms with Crippen LogP contribution in [0.1, 0.15) is 23.7 Å². The first-order chi connectivity index (χ1) is 8.31. The van der Waals surface area contributed by atoms with Crippen LogP contribution in [0.25, 0.3) is 0 Å². The minimum absolute atomic E-state index is 0.0146. The molecule has 1 aromatic rings. The molecule has 1 aliphatic carbocycles. The van der Waals surface area contributed by atoms with Gasteiger partial charge in [-0.15, -0.1) is 0 Å². The standard InChI is InChI=1S/C11H12ClNO4S/c1-6-4-9(6)13-18(16,17)10-5-7(11(14)15)2-3-8(10)12/h2-3,5-6,9,13H,4H2,1H3,(H,14,15). The van der Waals surface area contributed by atoms with Crippen molar-refractivity contribution in [3.05, 3.63) is 28.8 Å². The lowest BCUT2D eigenvalue weighted by Gasteiger charge is -2.08. The molecule has 0 heterocycles. The molecular weight excluding hydrogens is 278 g/mol. The quantitative estimate of drug-likeness (QED) is 0.884. The van der Waals surface area contributed by atoms with Crippen LogP contribution in [0.4, 0.5) is 0 Å². The zero-order valence-corrected chi connectivity index (χ0v) is 11.1. The van der Waals surface area contributed by atoms with E-state index in [9.17, 15) is 13.2 Å². The Kier molecular flexibility index (Phi) is 3.35. The second kappa shape index (κ2) is 4.53. The third-order valence-corrected chi connectivity index (χ3v) is 4.86. The maximum absolute atomic E-state index is 12.0. The number of carbonyl (C=O) groups is 1. The van der Waals surface area contributed by atoms with Gasteiger partial charge in [0.2, 0.25) is 10.0 Å². The highest BCUT2D eigenvalue weighted by atomic mass is 35.5. The zero-order chi connectivity index (χ0) is 13.5. The zero-order valence-electron chi connectivity index (χ0n) is 9.55. The van der Waals surface area contributed by atoms with Crippen molar-refractivity contribution in [2.75, 3.05) is 0 Å². The molecule has 1 aliphatic rings. The Morgan fingerprint density at radius 2 is 2.11 bits per heavy atom. The largest absolute Gasteiger partial charge is 0.478 e. The summed E-state index contributed by atoms with van der Waals surface area (Å²) in [6, 6.07) is 3.53. The van der Waals surface area contributed by atoms with Crippen LogP contribution in [0.3, 0.4) is 0 Å². The molecule has 1 saturated carbocycles. The van der Waals surface area contributed by atoms with Gasteiger partial charge in [0.15, 0.2) is 0 Å². The van der Waals surface area contributed by atoms with Crippen LogP contribution in [0, 0.1) is 5.92 Å². The van der Waals surface area contributed by atoms with Gasteiger partial charge in [-0.1, -0.05) is 18.5 Å². The number of rotatable bonds is 4. The molecule has 1 fully saturated rings. The molecular formula is C11H12ClNO4S. The van der Waals surface area contributed by atoms with E-state index in [1.807, 2.05) is 6.92 Å². The van der Waals surface area contributed by atoms with E-state index in [1.54, 1.807) is 0 Å². The molecule has 0 bridgehead atoms. The molecule has 0 saturated heterocycles. The van der Waals surface area contributed by atoms with E-state index in [0.29, 0.717) is 5.92 Å². The van der Waals surface area contributed by atoms with Crippen molar-refractivity contribution in [2.24, 2.45) is 5.92 Å². The lowest BCUT2D eigenvalue weighted by Crippen LogP contribution is -2.27. The number of halogens is 1. The molecule has 0 radical (unpaired) electrons. The van der Waals surface area contributed by atoms with Gasteiger partial charge in [-0.3, -0.25) is 0 Å². The minimum Gasteiger partial charge on any atom is -0.478 e. The molecule has 0 amide bonds. The minimum atomic E-state index is -3.76. The van der Waals surface area contributed by atoms with Crippen LogP contribution in [-0.2, 0) is 10.0 Å². The molecule has 7 heteroatoms. The molecule has 2 unspecified atom stereocenters. The fourth-order valence-corrected chi connectivity index (χ4v) is 3.47. The maximum Gasteiger partial charge on any atom is 0.335 e. The summed E-state index contributed by atoms with van der Waals surface area (Å²) in [6.45, 7) is 1.93. The van der Waals surface area contributed by atoms with Gasteiger partial charge in [0.05, 0.1) is 10.6 Å². The van der Waals surface area contributed by atoms with Crippen molar-refractivity contribution in [3.8, 4) is 0 Å². The maximum atomic E-state index is 12.0. The molecule has 2 rings (SSSR count). The molecule has 0 aromatic heterocycles. The molecule has 2 atom stereocenters. The van der Waals surface area contributed by atoms with Crippen molar-refractivity contribution in [3.63, 3.8) is 0 Å². The SMILES string of the molecule is CC1CC1NS(=O)(=O)c1cc(C(=O)O)ccc1Cl. The summed E-state index contributed by atoms with van der Waals surface area (Å²) >= 11 is 5.81. The first-order valence-corrected chi connectivity index (χ1v) is 7.22. The Hall–Kier alpha value is -1.11. The summed E-state index contributed by atoms with van der Waals surface area (Å²) in [4.78, 5) is 10.6. The number of aromatic carboxylic acids is 1. The molecule has 2 N–H and O–H groups in total. The topological polar surface area (TPSA) is 83.5 Å². The van der Waals surface area contributed by atoms with Gasteiger partial charge >= 0.3 is 5.97 Å². The second-order valence-electron chi connectivity index (χ2n) is 4.39. The second-order valence-corrected chi connectivity index (χ2v) is 6.48. The normalized spacial score (nSPS) is 22.8. The highest BCUT2D eigenvalue weighted by Gasteiger charge is 2.37. The highest BCUT2D eigenvalue weighted by molar-refractivity contribution is 7.89. The van der Waals surface area contributed by atoms with E-state index in [0.717, 1.165) is 12.5 Å². The van der Waals surface area contributed by atoms with Gasteiger partial charge < -0.3 is 5.11 Å². The van der Waals surface area contributed by atoms with E-state index in [1.165, 1.54) is 12.1 Å². The van der Waals surface area contributed by atoms with E-state index < -0.39 is 16.0 Å². The van der Waals surface area contributed by atoms with Crippen LogP contribution >= 0.6 is 11.6 Å². The number of carboxylic acid groups (broad SMARTS) is 1. The lowest BCUT2D eigenvalue weighted by atomic mass is 10.2. The number of hydrogen-bond acceptors (Lipinski definition) is 3. The summed E-state index contributed by atoms with van der Waals surface area (Å²) < 4.78 is 26.6. The third kappa shape index (κ3) is 2.66. The fourth-order valence-electron chi connectivity index (χ4n) is 1.59. The van der Waals surface area contributed by atoms with Crippen molar-refractivity contribution < 1.29 is 18.3 Å². The van der Waals surface area contributed by atoms with Crippen molar-refractivity contribution in [1.29, 1.82) is 0 Å². The molecule has 1 aromatic carbocycles. The summed E-state index contributed by atoms with van der Waals surface area (Å²) in [5, 5.41) is 8.86. The van der Waals surface area contributed by atoms with Gasteiger partial charge in [-0.25, -0.2) is 17.9 Å². The van der Waals surface area contributed by atoms with Gasteiger partial charge in [-0.05, 0) is 30.5 Å². The summed E-state index contributed by atoms with van der Waals surface area (Å²) in [5.41, 5.74) is -0.108. The number of sulfonamides is 1. The number of nitrogens with one attached hydrogen (secondary N) is 1.